The zero-order valence-corrected chi connectivity index (χ0v) is 6.83. The fourth-order valence-electron chi connectivity index (χ4n) is 0.202. The third-order valence-electron chi connectivity index (χ3n) is 0.287. The van der Waals surface area contributed by atoms with Gasteiger partial charge in [-0.1, -0.05) is 0 Å². The molecule has 0 saturated carbocycles. The molecular weight excluding hydrogens is 213 g/mol. The Labute approximate surface area is 73.4 Å². The summed E-state index contributed by atoms with van der Waals surface area (Å²) >= 11 is 0. The summed E-state index contributed by atoms with van der Waals surface area (Å²) in [4.78, 5) is 19.6. The molecule has 0 rings (SSSR count). The van der Waals surface area contributed by atoms with Crippen molar-refractivity contribution in [1.29, 1.82) is 0 Å². The molecule has 0 heterocycles. The van der Waals surface area contributed by atoms with Crippen LogP contribution in [-0.4, -0.2) is 11.9 Å². The molecule has 0 fully saturated rings. The molecule has 3 nitrogen and oxygen atoms in total. The van der Waals surface area contributed by atoms with Crippen molar-refractivity contribution >= 4 is 11.9 Å². The molecule has 0 aliphatic rings. The standard InChI is InChI=1S/C4H6O3.2Ni/c1-3(5)7-4(2)6;;/h1-2H3;;. The van der Waals surface area contributed by atoms with E-state index in [4.69, 9.17) is 0 Å². The average molecular weight is 219 g/mol. The largest absolute Gasteiger partial charge is 0.394 e. The van der Waals surface area contributed by atoms with E-state index in [1.165, 1.54) is 13.8 Å². The summed E-state index contributed by atoms with van der Waals surface area (Å²) in [6.45, 7) is 2.36. The molecular formula is C4H6Ni2O3. The predicted octanol–water partition coefficient (Wildman–Crippen LogP) is 0.0910. The van der Waals surface area contributed by atoms with Crippen molar-refractivity contribution in [1.82, 2.24) is 0 Å². The van der Waals surface area contributed by atoms with E-state index in [0.717, 1.165) is 0 Å². The first-order chi connectivity index (χ1) is 3.13. The van der Waals surface area contributed by atoms with Gasteiger partial charge in [-0.25, -0.2) is 0 Å². The van der Waals surface area contributed by atoms with Crippen molar-refractivity contribution in [3.8, 4) is 0 Å². The van der Waals surface area contributed by atoms with Crippen molar-refractivity contribution in [2.45, 2.75) is 13.8 Å². The van der Waals surface area contributed by atoms with E-state index in [9.17, 15) is 9.59 Å². The van der Waals surface area contributed by atoms with Gasteiger partial charge in [-0.05, 0) is 0 Å². The molecule has 0 aliphatic heterocycles. The second-order valence-electron chi connectivity index (χ2n) is 1.09. The summed E-state index contributed by atoms with van der Waals surface area (Å²) in [5.74, 6) is -1.12. The maximum atomic E-state index is 9.81. The molecule has 0 radical (unpaired) electrons. The minimum absolute atomic E-state index is 0. The van der Waals surface area contributed by atoms with Crippen LogP contribution >= 0.6 is 0 Å². The molecule has 0 aromatic rings. The molecule has 0 atom stereocenters. The van der Waals surface area contributed by atoms with Crippen LogP contribution < -0.4 is 0 Å². The Balaban J connectivity index is -0.000000180. The van der Waals surface area contributed by atoms with Crippen molar-refractivity contribution in [2.75, 3.05) is 0 Å². The molecule has 0 aromatic carbocycles. The number of esters is 2. The average Bonchev–Trinajstić information content (AvgIpc) is 1.27. The maximum absolute atomic E-state index is 9.81. The van der Waals surface area contributed by atoms with Gasteiger partial charge in [0.2, 0.25) is 0 Å². The summed E-state index contributed by atoms with van der Waals surface area (Å²) in [5.41, 5.74) is 0. The topological polar surface area (TPSA) is 43.4 Å². The van der Waals surface area contributed by atoms with Crippen molar-refractivity contribution in [2.24, 2.45) is 0 Å². The van der Waals surface area contributed by atoms with Gasteiger partial charge in [-0.2, -0.15) is 0 Å². The van der Waals surface area contributed by atoms with Gasteiger partial charge in [0.15, 0.2) is 0 Å². The van der Waals surface area contributed by atoms with Gasteiger partial charge >= 0.3 is 11.9 Å². The first kappa shape index (κ1) is 16.1. The minimum Gasteiger partial charge on any atom is -0.394 e. The quantitative estimate of drug-likeness (QED) is 0.329. The maximum Gasteiger partial charge on any atom is 0.310 e. The second-order valence-corrected chi connectivity index (χ2v) is 1.09. The van der Waals surface area contributed by atoms with Crippen LogP contribution in [-0.2, 0) is 47.3 Å². The van der Waals surface area contributed by atoms with Crippen LogP contribution in [0.1, 0.15) is 13.8 Å². The molecule has 0 spiro atoms. The van der Waals surface area contributed by atoms with Gasteiger partial charge in [-0.15, -0.1) is 0 Å². The SMILES string of the molecule is CC(=O)OC(C)=O.[Ni].[Ni]. The molecule has 0 bridgehead atoms. The molecule has 0 unspecified atom stereocenters. The van der Waals surface area contributed by atoms with Crippen LogP contribution in [0.15, 0.2) is 0 Å². The zero-order chi connectivity index (χ0) is 5.86. The van der Waals surface area contributed by atoms with Crippen molar-refractivity contribution in [3.05, 3.63) is 0 Å². The van der Waals surface area contributed by atoms with Crippen LogP contribution in [0.3, 0.4) is 0 Å². The number of hydrogen-bond donors (Lipinski definition) is 0. The third-order valence-corrected chi connectivity index (χ3v) is 0.287. The summed E-state index contributed by atoms with van der Waals surface area (Å²) < 4.78 is 3.97. The third kappa shape index (κ3) is 17.9. The van der Waals surface area contributed by atoms with Gasteiger partial charge in [0.1, 0.15) is 0 Å². The predicted molar refractivity (Wildman–Crippen MR) is 22.4 cm³/mol. The van der Waals surface area contributed by atoms with E-state index in [2.05, 4.69) is 4.74 Å². The van der Waals surface area contributed by atoms with Crippen LogP contribution in [0, 0.1) is 0 Å². The monoisotopic (exact) mass is 218 g/mol. The first-order valence-electron chi connectivity index (χ1n) is 1.82. The first-order valence-corrected chi connectivity index (χ1v) is 1.82. The fraction of sp³-hybridized carbons (Fsp3) is 0.500. The van der Waals surface area contributed by atoms with Gasteiger partial charge < -0.3 is 4.74 Å². The van der Waals surface area contributed by atoms with E-state index >= 15 is 0 Å². The number of carbonyl (C=O) groups is 2. The van der Waals surface area contributed by atoms with Crippen LogP contribution in [0.2, 0.25) is 0 Å². The Kier molecular flexibility index (Phi) is 14.5. The number of ether oxygens (including phenoxy) is 1. The zero-order valence-electron chi connectivity index (χ0n) is 4.86. The van der Waals surface area contributed by atoms with Gasteiger partial charge in [0.25, 0.3) is 0 Å². The molecule has 9 heavy (non-hydrogen) atoms. The summed E-state index contributed by atoms with van der Waals surface area (Å²) in [7, 11) is 0. The number of carbonyl (C=O) groups excluding carboxylic acids is 2. The number of hydrogen-bond acceptors (Lipinski definition) is 3. The Morgan fingerprint density at radius 1 is 1.00 bits per heavy atom. The van der Waals surface area contributed by atoms with Gasteiger partial charge in [0, 0.05) is 46.8 Å². The normalized spacial score (nSPS) is 6.00. The Morgan fingerprint density at radius 3 is 1.22 bits per heavy atom. The minimum atomic E-state index is -0.562. The van der Waals surface area contributed by atoms with E-state index in [1.54, 1.807) is 0 Å². The Bertz CT molecular complexity index is 90.0. The summed E-state index contributed by atoms with van der Waals surface area (Å²) in [6.07, 6.45) is 0. The van der Waals surface area contributed by atoms with E-state index < -0.39 is 11.9 Å². The fourth-order valence-corrected chi connectivity index (χ4v) is 0.202. The molecule has 5 heteroatoms. The smallest absolute Gasteiger partial charge is 0.310 e. The van der Waals surface area contributed by atoms with Gasteiger partial charge in [-0.3, -0.25) is 9.59 Å². The Morgan fingerprint density at radius 2 is 1.22 bits per heavy atom. The van der Waals surface area contributed by atoms with Crippen molar-refractivity contribution < 1.29 is 47.3 Å². The molecule has 0 N–H and O–H groups in total. The summed E-state index contributed by atoms with van der Waals surface area (Å²) in [6, 6.07) is 0. The molecule has 60 valence electrons. The molecule has 0 aromatic heterocycles. The second kappa shape index (κ2) is 8.13. The van der Waals surface area contributed by atoms with E-state index in [0.29, 0.717) is 0 Å². The van der Waals surface area contributed by atoms with E-state index in [-0.39, 0.29) is 33.0 Å². The van der Waals surface area contributed by atoms with Crippen LogP contribution in [0.25, 0.3) is 0 Å². The molecule has 0 aliphatic carbocycles. The van der Waals surface area contributed by atoms with Crippen molar-refractivity contribution in [3.63, 3.8) is 0 Å². The van der Waals surface area contributed by atoms with Crippen LogP contribution in [0.5, 0.6) is 0 Å². The summed E-state index contributed by atoms with van der Waals surface area (Å²) in [5, 5.41) is 0. The van der Waals surface area contributed by atoms with Crippen LogP contribution in [0.4, 0.5) is 0 Å². The Hall–Kier alpha value is 0.127. The molecule has 0 saturated heterocycles. The van der Waals surface area contributed by atoms with Gasteiger partial charge in [0.05, 0.1) is 0 Å². The van der Waals surface area contributed by atoms with E-state index in [1.807, 2.05) is 0 Å². The number of rotatable bonds is 0. The molecule has 0 amide bonds.